The van der Waals surface area contributed by atoms with Crippen molar-refractivity contribution in [2.24, 2.45) is 0 Å². The van der Waals surface area contributed by atoms with Crippen molar-refractivity contribution in [3.05, 3.63) is 41.8 Å². The average molecular weight is 90.1 g/mol. The second kappa shape index (κ2) is 1.59. The van der Waals surface area contributed by atoms with E-state index in [0.29, 0.717) is 5.70 Å². The van der Waals surface area contributed by atoms with E-state index in [1.807, 2.05) is 0 Å². The minimum atomic E-state index is 0.291. The molecule has 1 aliphatic carbocycles. The monoisotopic (exact) mass is 90.0 g/mol. The lowest BCUT2D eigenvalue weighted by molar-refractivity contribution is 1.56. The van der Waals surface area contributed by atoms with Crippen LogP contribution in [-0.2, 0) is 0 Å². The highest BCUT2D eigenvalue weighted by Gasteiger charge is 1.86. The molecule has 0 aliphatic heterocycles. The average Bonchev–Trinajstić information content (AvgIpc) is 1.69. The van der Waals surface area contributed by atoms with E-state index < -0.39 is 0 Å². The van der Waals surface area contributed by atoms with Gasteiger partial charge in [0.25, 0.3) is 0 Å². The maximum absolute atomic E-state index is 8.61. The standard InChI is InChI=1S/C6H4N/c7-6-4-2-1-3-5-6/h2-5H. The van der Waals surface area contributed by atoms with Gasteiger partial charge in [0, 0.05) is 18.2 Å². The van der Waals surface area contributed by atoms with Crippen LogP contribution in [0.15, 0.2) is 29.7 Å². The lowest BCUT2D eigenvalue weighted by Crippen LogP contribution is -1.72. The molecular formula is C6H4N. The first-order chi connectivity index (χ1) is 3.39. The second-order valence-corrected chi connectivity index (χ2v) is 1.26. The molecule has 1 nitrogen and oxygen atoms in total. The SMILES string of the molecule is [N-]C1=CC=C=C[CH+]1. The largest absolute Gasteiger partial charge is 0.779 e. The van der Waals surface area contributed by atoms with E-state index in [1.54, 1.807) is 24.6 Å². The van der Waals surface area contributed by atoms with Crippen molar-refractivity contribution in [2.45, 2.75) is 0 Å². The third-order valence-corrected chi connectivity index (χ3v) is 0.701. The summed E-state index contributed by atoms with van der Waals surface area (Å²) in [6, 6.07) is 0. The lowest BCUT2D eigenvalue weighted by atomic mass is 10.2. The first-order valence-corrected chi connectivity index (χ1v) is 2.04. The second-order valence-electron chi connectivity index (χ2n) is 1.26. The van der Waals surface area contributed by atoms with Gasteiger partial charge in [0.2, 0.25) is 0 Å². The van der Waals surface area contributed by atoms with E-state index in [-0.39, 0.29) is 0 Å². The van der Waals surface area contributed by atoms with Crippen molar-refractivity contribution in [1.29, 1.82) is 0 Å². The van der Waals surface area contributed by atoms with Crippen LogP contribution in [-0.4, -0.2) is 0 Å². The molecule has 0 amide bonds. The number of hydrogen-bond acceptors (Lipinski definition) is 0. The summed E-state index contributed by atoms with van der Waals surface area (Å²) in [6.45, 7) is 0. The van der Waals surface area contributed by atoms with Crippen LogP contribution in [0.4, 0.5) is 0 Å². The molecule has 0 atom stereocenters. The zero-order valence-electron chi connectivity index (χ0n) is 3.76. The van der Waals surface area contributed by atoms with Gasteiger partial charge in [-0.2, -0.15) is 0 Å². The van der Waals surface area contributed by atoms with Gasteiger partial charge in [-0.05, 0) is 5.70 Å². The van der Waals surface area contributed by atoms with Crippen LogP contribution >= 0.6 is 0 Å². The highest BCUT2D eigenvalue weighted by atomic mass is 14.6. The van der Waals surface area contributed by atoms with Gasteiger partial charge in [-0.15, -0.1) is 0 Å². The normalized spacial score (nSPS) is 15.7. The molecule has 0 fully saturated rings. The van der Waals surface area contributed by atoms with Crippen LogP contribution < -0.4 is 0 Å². The molecule has 0 aromatic heterocycles. The quantitative estimate of drug-likeness (QED) is 0.318. The van der Waals surface area contributed by atoms with Gasteiger partial charge in [0.05, 0.1) is 0 Å². The Morgan fingerprint density at radius 2 is 2.57 bits per heavy atom. The molecule has 1 rings (SSSR count). The third-order valence-electron chi connectivity index (χ3n) is 0.701. The van der Waals surface area contributed by atoms with Crippen molar-refractivity contribution >= 4 is 0 Å². The summed E-state index contributed by atoms with van der Waals surface area (Å²) in [5.41, 5.74) is 11.7. The summed E-state index contributed by atoms with van der Waals surface area (Å²) in [4.78, 5) is 0. The molecule has 0 bridgehead atoms. The summed E-state index contributed by atoms with van der Waals surface area (Å²) in [5.74, 6) is 0. The smallest absolute Gasteiger partial charge is 0.101 e. The first kappa shape index (κ1) is 4.10. The predicted molar refractivity (Wildman–Crippen MR) is 28.4 cm³/mol. The topological polar surface area (TPSA) is 22.3 Å². The Balaban J connectivity index is 2.77. The van der Waals surface area contributed by atoms with E-state index in [9.17, 15) is 0 Å². The molecule has 1 aliphatic rings. The molecule has 1 heteroatoms. The summed E-state index contributed by atoms with van der Waals surface area (Å²) in [5, 5.41) is 0. The molecule has 7 heavy (non-hydrogen) atoms. The van der Waals surface area contributed by atoms with E-state index >= 15 is 0 Å². The molecule has 0 unspecified atom stereocenters. The number of nitrogens with zero attached hydrogens (tertiary/aromatic N) is 1. The Bertz CT molecular complexity index is 148. The van der Waals surface area contributed by atoms with E-state index in [0.717, 1.165) is 0 Å². The van der Waals surface area contributed by atoms with Crippen LogP contribution in [0.1, 0.15) is 0 Å². The van der Waals surface area contributed by atoms with Crippen molar-refractivity contribution in [3.8, 4) is 0 Å². The van der Waals surface area contributed by atoms with Crippen molar-refractivity contribution < 1.29 is 0 Å². The summed E-state index contributed by atoms with van der Waals surface area (Å²) < 4.78 is 0. The minimum Gasteiger partial charge on any atom is -0.779 e. The molecule has 0 spiro atoms. The van der Waals surface area contributed by atoms with Gasteiger partial charge in [-0.1, -0.05) is 0 Å². The maximum atomic E-state index is 8.61. The van der Waals surface area contributed by atoms with Crippen LogP contribution in [0.5, 0.6) is 0 Å². The highest BCUT2D eigenvalue weighted by Crippen LogP contribution is 2.02. The molecule has 0 N–H and O–H groups in total. The van der Waals surface area contributed by atoms with Crippen LogP contribution in [0, 0.1) is 6.42 Å². The Labute approximate surface area is 42.8 Å². The lowest BCUT2D eigenvalue weighted by Gasteiger charge is -1.97. The summed E-state index contributed by atoms with van der Waals surface area (Å²) in [7, 11) is 0. The first-order valence-electron chi connectivity index (χ1n) is 2.04. The minimum absolute atomic E-state index is 0.291. The molecule has 0 saturated heterocycles. The third kappa shape index (κ3) is 0.881. The number of rotatable bonds is 0. The molecule has 33 valence electrons. The van der Waals surface area contributed by atoms with Gasteiger partial charge >= 0.3 is 0 Å². The zero-order chi connectivity index (χ0) is 5.11. The highest BCUT2D eigenvalue weighted by molar-refractivity contribution is 5.32. The molecule has 0 heterocycles. The maximum Gasteiger partial charge on any atom is 0.101 e. The fourth-order valence-corrected chi connectivity index (χ4v) is 0.378. The van der Waals surface area contributed by atoms with Crippen LogP contribution in [0.3, 0.4) is 0 Å². The number of allylic oxidation sites excluding steroid dienone is 2. The zero-order valence-corrected chi connectivity index (χ0v) is 3.76. The van der Waals surface area contributed by atoms with Crippen molar-refractivity contribution in [1.82, 2.24) is 0 Å². The Morgan fingerprint density at radius 1 is 1.71 bits per heavy atom. The van der Waals surface area contributed by atoms with Gasteiger partial charge in [-0.25, -0.2) is 0 Å². The van der Waals surface area contributed by atoms with E-state index in [4.69, 9.17) is 5.73 Å². The van der Waals surface area contributed by atoms with Crippen molar-refractivity contribution in [2.75, 3.05) is 0 Å². The number of hydrogen-bond donors (Lipinski definition) is 0. The van der Waals surface area contributed by atoms with Gasteiger partial charge < -0.3 is 5.73 Å². The van der Waals surface area contributed by atoms with Gasteiger partial charge in [0.15, 0.2) is 0 Å². The van der Waals surface area contributed by atoms with Crippen molar-refractivity contribution in [3.63, 3.8) is 0 Å². The molecule has 0 aromatic rings. The fraction of sp³-hybridized carbons (Fsp3) is 0. The Kier molecular flexibility index (Phi) is 0.928. The molecule has 0 aromatic carbocycles. The molecular weight excluding hydrogens is 86.1 g/mol. The fourth-order valence-electron chi connectivity index (χ4n) is 0.378. The van der Waals surface area contributed by atoms with Crippen LogP contribution in [0.25, 0.3) is 5.73 Å². The van der Waals surface area contributed by atoms with Gasteiger partial charge in [0.1, 0.15) is 12.2 Å². The van der Waals surface area contributed by atoms with E-state index in [1.165, 1.54) is 0 Å². The summed E-state index contributed by atoms with van der Waals surface area (Å²) in [6.07, 6.45) is 6.49. The summed E-state index contributed by atoms with van der Waals surface area (Å²) >= 11 is 0. The van der Waals surface area contributed by atoms with E-state index in [2.05, 4.69) is 5.73 Å². The molecule has 0 saturated carbocycles. The molecule has 1 radical (unpaired) electrons. The van der Waals surface area contributed by atoms with Gasteiger partial charge in [-0.3, -0.25) is 0 Å². The Morgan fingerprint density at radius 3 is 2.86 bits per heavy atom. The van der Waals surface area contributed by atoms with Crippen LogP contribution in [0.2, 0.25) is 0 Å². The Hall–Kier alpha value is -1.07. The predicted octanol–water partition coefficient (Wildman–Crippen LogP) is 1.64.